The number of fused-ring (bicyclic) bond motifs is 1. The molecule has 2 aromatic carbocycles. The van der Waals surface area contributed by atoms with Crippen LogP contribution in [0.15, 0.2) is 79.1 Å². The zero-order valence-corrected chi connectivity index (χ0v) is 16.5. The molecule has 0 N–H and O–H groups in total. The molecule has 0 spiro atoms. The lowest BCUT2D eigenvalue weighted by Crippen LogP contribution is -2.47. The average Bonchev–Trinajstić information content (AvgIpc) is 2.75. The summed E-state index contributed by atoms with van der Waals surface area (Å²) in [5.74, 6) is -0.0965. The second kappa shape index (κ2) is 7.87. The molecule has 3 aromatic rings. The first-order chi connectivity index (χ1) is 14.1. The van der Waals surface area contributed by atoms with Crippen molar-refractivity contribution >= 4 is 23.2 Å². The van der Waals surface area contributed by atoms with E-state index in [9.17, 15) is 9.59 Å². The molecular formula is C24H23N3O2. The average molecular weight is 385 g/mol. The number of nitrogens with zero attached hydrogens (tertiary/aromatic N) is 3. The number of hydrogen-bond acceptors (Lipinski definition) is 3. The molecule has 0 unspecified atom stereocenters. The number of anilines is 2. The van der Waals surface area contributed by atoms with Crippen LogP contribution in [-0.2, 0) is 4.79 Å². The number of rotatable bonds is 3. The van der Waals surface area contributed by atoms with Gasteiger partial charge < -0.3 is 9.80 Å². The van der Waals surface area contributed by atoms with Crippen molar-refractivity contribution in [1.29, 1.82) is 0 Å². The lowest BCUT2D eigenvalue weighted by Gasteiger charge is -2.43. The van der Waals surface area contributed by atoms with Crippen molar-refractivity contribution in [2.24, 2.45) is 0 Å². The van der Waals surface area contributed by atoms with Gasteiger partial charge in [0, 0.05) is 36.7 Å². The number of para-hydroxylation sites is 2. The minimum Gasteiger partial charge on any atom is -0.305 e. The maximum atomic E-state index is 13.3. The van der Waals surface area contributed by atoms with Crippen LogP contribution in [0.2, 0.25) is 0 Å². The third kappa shape index (κ3) is 3.51. The summed E-state index contributed by atoms with van der Waals surface area (Å²) >= 11 is 0. The fraction of sp³-hybridized carbons (Fsp3) is 0.208. The summed E-state index contributed by atoms with van der Waals surface area (Å²) in [5.41, 5.74) is 3.23. The molecule has 146 valence electrons. The van der Waals surface area contributed by atoms with Crippen LogP contribution in [0.25, 0.3) is 0 Å². The maximum Gasteiger partial charge on any atom is 0.260 e. The van der Waals surface area contributed by atoms with Gasteiger partial charge in [-0.1, -0.05) is 36.4 Å². The van der Waals surface area contributed by atoms with E-state index in [4.69, 9.17) is 0 Å². The Morgan fingerprint density at radius 1 is 1.00 bits per heavy atom. The molecule has 1 aliphatic rings. The van der Waals surface area contributed by atoms with E-state index in [-0.39, 0.29) is 23.9 Å². The van der Waals surface area contributed by atoms with E-state index >= 15 is 0 Å². The van der Waals surface area contributed by atoms with Crippen LogP contribution in [0.5, 0.6) is 0 Å². The van der Waals surface area contributed by atoms with Crippen LogP contribution < -0.4 is 9.80 Å². The maximum absolute atomic E-state index is 13.3. The van der Waals surface area contributed by atoms with Gasteiger partial charge in [-0.2, -0.15) is 0 Å². The highest BCUT2D eigenvalue weighted by Gasteiger charge is 2.38. The quantitative estimate of drug-likeness (QED) is 0.661. The molecule has 0 fully saturated rings. The van der Waals surface area contributed by atoms with Crippen molar-refractivity contribution in [3.05, 3.63) is 90.3 Å². The predicted molar refractivity (Wildman–Crippen MR) is 114 cm³/mol. The molecule has 4 rings (SSSR count). The zero-order valence-electron chi connectivity index (χ0n) is 16.5. The molecule has 0 saturated heterocycles. The summed E-state index contributed by atoms with van der Waals surface area (Å²) in [6.45, 7) is 3.62. The Morgan fingerprint density at radius 3 is 2.41 bits per heavy atom. The molecule has 2 amide bonds. The summed E-state index contributed by atoms with van der Waals surface area (Å²) in [6.07, 6.45) is 3.90. The van der Waals surface area contributed by atoms with E-state index in [0.29, 0.717) is 12.0 Å². The second-order valence-electron chi connectivity index (χ2n) is 7.30. The minimum atomic E-state index is -0.140. The summed E-state index contributed by atoms with van der Waals surface area (Å²) in [7, 11) is 0. The lowest BCUT2D eigenvalue weighted by molar-refractivity contribution is -0.117. The summed E-state index contributed by atoms with van der Waals surface area (Å²) < 4.78 is 0. The van der Waals surface area contributed by atoms with Crippen LogP contribution >= 0.6 is 0 Å². The van der Waals surface area contributed by atoms with Gasteiger partial charge in [-0.05, 0) is 49.2 Å². The van der Waals surface area contributed by atoms with Crippen molar-refractivity contribution in [3.8, 4) is 0 Å². The Hall–Kier alpha value is -3.47. The first kappa shape index (κ1) is 18.9. The topological polar surface area (TPSA) is 53.5 Å². The molecule has 0 radical (unpaired) electrons. The highest BCUT2D eigenvalue weighted by atomic mass is 16.2. The van der Waals surface area contributed by atoms with Gasteiger partial charge in [-0.3, -0.25) is 14.6 Å². The normalized spacial score (nSPS) is 18.1. The van der Waals surface area contributed by atoms with E-state index < -0.39 is 0 Å². The zero-order chi connectivity index (χ0) is 20.4. The van der Waals surface area contributed by atoms with E-state index in [1.807, 2.05) is 71.3 Å². The Kier molecular flexibility index (Phi) is 5.12. The van der Waals surface area contributed by atoms with Crippen molar-refractivity contribution in [1.82, 2.24) is 4.98 Å². The van der Waals surface area contributed by atoms with Crippen molar-refractivity contribution in [2.75, 3.05) is 9.80 Å². The van der Waals surface area contributed by atoms with Crippen molar-refractivity contribution in [3.63, 3.8) is 0 Å². The van der Waals surface area contributed by atoms with Gasteiger partial charge in [-0.15, -0.1) is 0 Å². The van der Waals surface area contributed by atoms with Crippen LogP contribution in [0.1, 0.15) is 42.2 Å². The third-order valence-electron chi connectivity index (χ3n) is 5.37. The molecule has 1 aromatic heterocycles. The molecule has 2 heterocycles. The molecular weight excluding hydrogens is 362 g/mol. The second-order valence-corrected chi connectivity index (χ2v) is 7.30. The van der Waals surface area contributed by atoms with E-state index in [0.717, 1.165) is 16.9 Å². The lowest BCUT2D eigenvalue weighted by atomic mass is 9.89. The van der Waals surface area contributed by atoms with Gasteiger partial charge in [-0.25, -0.2) is 0 Å². The van der Waals surface area contributed by atoms with Crippen LogP contribution in [-0.4, -0.2) is 22.8 Å². The Labute approximate surface area is 170 Å². The van der Waals surface area contributed by atoms with Gasteiger partial charge >= 0.3 is 0 Å². The van der Waals surface area contributed by atoms with Gasteiger partial charge in [0.2, 0.25) is 5.91 Å². The molecule has 0 aliphatic carbocycles. The Balaban J connectivity index is 1.79. The van der Waals surface area contributed by atoms with Gasteiger partial charge in [0.05, 0.1) is 11.6 Å². The smallest absolute Gasteiger partial charge is 0.260 e. The van der Waals surface area contributed by atoms with Gasteiger partial charge in [0.25, 0.3) is 5.91 Å². The van der Waals surface area contributed by atoms with Crippen LogP contribution in [0.3, 0.4) is 0 Å². The Morgan fingerprint density at radius 2 is 1.72 bits per heavy atom. The molecule has 29 heavy (non-hydrogen) atoms. The number of aromatic nitrogens is 1. The number of carbonyl (C=O) groups is 2. The Bertz CT molecular complexity index is 1020. The molecule has 1 aliphatic heterocycles. The van der Waals surface area contributed by atoms with E-state index in [1.54, 1.807) is 31.5 Å². The molecule has 5 nitrogen and oxygen atoms in total. The molecule has 2 atom stereocenters. The monoisotopic (exact) mass is 385 g/mol. The highest BCUT2D eigenvalue weighted by molar-refractivity contribution is 6.07. The van der Waals surface area contributed by atoms with Crippen molar-refractivity contribution < 1.29 is 9.59 Å². The number of benzene rings is 2. The molecule has 5 heteroatoms. The summed E-state index contributed by atoms with van der Waals surface area (Å²) in [5, 5.41) is 0. The van der Waals surface area contributed by atoms with E-state index in [1.165, 1.54) is 0 Å². The number of carbonyl (C=O) groups excluding carboxylic acids is 2. The highest BCUT2D eigenvalue weighted by Crippen LogP contribution is 2.42. The minimum absolute atomic E-state index is 0.0183. The van der Waals surface area contributed by atoms with Crippen LogP contribution in [0.4, 0.5) is 11.4 Å². The molecule has 0 bridgehead atoms. The fourth-order valence-corrected chi connectivity index (χ4v) is 4.13. The van der Waals surface area contributed by atoms with Crippen molar-refractivity contribution in [2.45, 2.75) is 32.4 Å². The molecule has 0 saturated carbocycles. The first-order valence-corrected chi connectivity index (χ1v) is 9.75. The first-order valence-electron chi connectivity index (χ1n) is 9.75. The summed E-state index contributed by atoms with van der Waals surface area (Å²) in [4.78, 5) is 33.6. The number of pyridine rings is 1. The summed E-state index contributed by atoms with van der Waals surface area (Å²) in [6, 6.07) is 20.9. The number of amides is 2. The fourth-order valence-electron chi connectivity index (χ4n) is 4.13. The van der Waals surface area contributed by atoms with Crippen LogP contribution in [0, 0.1) is 0 Å². The van der Waals surface area contributed by atoms with Gasteiger partial charge in [0.15, 0.2) is 0 Å². The SMILES string of the molecule is CC(=O)N(c1ccccc1)[C@@H]1C[C@H](C)N(C(=O)c2cccnc2)c2ccccc21. The third-order valence-corrected chi connectivity index (χ3v) is 5.37. The number of hydrogen-bond donors (Lipinski definition) is 0. The standard InChI is InChI=1S/C24H23N3O2/c1-17-15-23(27(18(2)28)20-10-4-3-5-11-20)21-12-6-7-13-22(21)26(17)24(29)19-9-8-14-25-16-19/h3-14,16-17,23H,15H2,1-2H3/t17-,23+/m0/s1. The van der Waals surface area contributed by atoms with Gasteiger partial charge in [0.1, 0.15) is 0 Å². The largest absolute Gasteiger partial charge is 0.305 e. The van der Waals surface area contributed by atoms with E-state index in [2.05, 4.69) is 4.98 Å². The predicted octanol–water partition coefficient (Wildman–Crippen LogP) is 4.61.